The number of sulfone groups is 1. The SMILES string of the molecule is C=CS(=O)(=O)CCOCCNc1nc(F)nc(Nc2ccc3c(OS(=O)(=O)O)c(N=Nc4ccc5c(S(=O)(=O)[O-])cccc5c4S(=O)(=O)[O-])[c-]cc3c2)n1.[Na+].[Na+].[Na+]. The van der Waals surface area contributed by atoms with Crippen LogP contribution in [0.15, 0.2) is 86.6 Å². The molecular formula is C29H23FN7Na3O13S4. The van der Waals surface area contributed by atoms with Crippen molar-refractivity contribution in [2.45, 2.75) is 9.79 Å². The molecule has 0 unspecified atom stereocenters. The Balaban J connectivity index is 0.00000374. The van der Waals surface area contributed by atoms with Gasteiger partial charge in [-0.05, 0) is 18.2 Å². The predicted molar refractivity (Wildman–Crippen MR) is 185 cm³/mol. The van der Waals surface area contributed by atoms with Gasteiger partial charge in [0.05, 0.1) is 34.5 Å². The quantitative estimate of drug-likeness (QED) is 0.0273. The van der Waals surface area contributed by atoms with Crippen molar-refractivity contribution in [3.63, 3.8) is 0 Å². The summed E-state index contributed by atoms with van der Waals surface area (Å²) >= 11 is 0. The molecule has 0 spiro atoms. The monoisotopic (exact) mass is 893 g/mol. The van der Waals surface area contributed by atoms with E-state index in [0.29, 0.717) is 0 Å². The van der Waals surface area contributed by atoms with Crippen molar-refractivity contribution in [1.29, 1.82) is 0 Å². The number of ether oxygens (including phenoxy) is 1. The number of benzene rings is 4. The molecule has 5 rings (SSSR count). The second-order valence-corrected chi connectivity index (χ2v) is 16.4. The summed E-state index contributed by atoms with van der Waals surface area (Å²) in [5, 5.41) is 13.1. The Morgan fingerprint density at radius 3 is 2.19 bits per heavy atom. The molecule has 0 aliphatic rings. The van der Waals surface area contributed by atoms with Gasteiger partial charge in [0.1, 0.15) is 25.9 Å². The molecule has 0 amide bonds. The van der Waals surface area contributed by atoms with Crippen LogP contribution in [0.4, 0.5) is 33.3 Å². The van der Waals surface area contributed by atoms with E-state index in [2.05, 4.69) is 48.5 Å². The van der Waals surface area contributed by atoms with Crippen LogP contribution in [0.5, 0.6) is 5.75 Å². The number of aromatic nitrogens is 3. The van der Waals surface area contributed by atoms with Crippen molar-refractivity contribution >= 4 is 91.0 Å². The molecule has 20 nitrogen and oxygen atoms in total. The van der Waals surface area contributed by atoms with Gasteiger partial charge in [-0.1, -0.05) is 42.3 Å². The van der Waals surface area contributed by atoms with Crippen LogP contribution in [0.2, 0.25) is 0 Å². The van der Waals surface area contributed by atoms with E-state index in [4.69, 9.17) is 8.92 Å². The summed E-state index contributed by atoms with van der Waals surface area (Å²) < 4.78 is 152. The molecule has 0 radical (unpaired) electrons. The van der Waals surface area contributed by atoms with Crippen molar-refractivity contribution in [1.82, 2.24) is 15.0 Å². The molecule has 5 aromatic rings. The summed E-state index contributed by atoms with van der Waals surface area (Å²) in [7, 11) is -19.2. The first-order valence-electron chi connectivity index (χ1n) is 14.6. The average Bonchev–Trinajstić information content (AvgIpc) is 3.07. The Hall–Kier alpha value is -2.28. The molecule has 0 atom stereocenters. The Morgan fingerprint density at radius 1 is 0.860 bits per heavy atom. The molecule has 0 saturated heterocycles. The molecule has 0 bridgehead atoms. The third kappa shape index (κ3) is 13.9. The van der Waals surface area contributed by atoms with E-state index < -0.39 is 78.9 Å². The van der Waals surface area contributed by atoms with Crippen LogP contribution >= 0.6 is 0 Å². The molecule has 1 aromatic heterocycles. The van der Waals surface area contributed by atoms with Crippen LogP contribution in [0.3, 0.4) is 0 Å². The van der Waals surface area contributed by atoms with Crippen LogP contribution in [0.1, 0.15) is 0 Å². The van der Waals surface area contributed by atoms with E-state index in [9.17, 15) is 51.7 Å². The summed E-state index contributed by atoms with van der Waals surface area (Å²) in [4.78, 5) is 9.29. The largest absolute Gasteiger partial charge is 1.00 e. The fourth-order valence-electron chi connectivity index (χ4n) is 4.73. The molecule has 1 heterocycles. The normalized spacial score (nSPS) is 12.0. The van der Waals surface area contributed by atoms with Gasteiger partial charge in [-0.3, -0.25) is 4.55 Å². The predicted octanol–water partition coefficient (Wildman–Crippen LogP) is -5.74. The van der Waals surface area contributed by atoms with Crippen molar-refractivity contribution < 1.29 is 149 Å². The number of rotatable bonds is 16. The third-order valence-electron chi connectivity index (χ3n) is 6.95. The number of halogens is 1. The summed E-state index contributed by atoms with van der Waals surface area (Å²) in [6.45, 7) is 3.19. The zero-order valence-electron chi connectivity index (χ0n) is 29.9. The second-order valence-electron chi connectivity index (χ2n) is 10.6. The molecule has 28 heteroatoms. The first-order valence-corrected chi connectivity index (χ1v) is 20.5. The van der Waals surface area contributed by atoms with Crippen molar-refractivity contribution in [3.8, 4) is 5.75 Å². The molecule has 0 saturated carbocycles. The van der Waals surface area contributed by atoms with E-state index in [1.165, 1.54) is 24.3 Å². The van der Waals surface area contributed by atoms with Crippen LogP contribution in [0.25, 0.3) is 21.5 Å². The molecule has 0 aliphatic carbocycles. The molecule has 286 valence electrons. The van der Waals surface area contributed by atoms with Crippen LogP contribution in [0, 0.1) is 12.1 Å². The summed E-state index contributed by atoms with van der Waals surface area (Å²) in [5.74, 6) is -1.39. The Kier molecular flexibility index (Phi) is 18.6. The van der Waals surface area contributed by atoms with Gasteiger partial charge in [-0.25, -0.2) is 25.3 Å². The summed E-state index contributed by atoms with van der Waals surface area (Å²) in [5.41, 5.74) is -0.936. The number of hydrogen-bond donors (Lipinski definition) is 3. The number of nitrogens with one attached hydrogen (secondary N) is 2. The van der Waals surface area contributed by atoms with Gasteiger partial charge in [0.25, 0.3) is 0 Å². The topological polar surface area (TPSA) is 309 Å². The molecule has 0 fully saturated rings. The van der Waals surface area contributed by atoms with E-state index in [-0.39, 0.29) is 148 Å². The smallest absolute Gasteiger partial charge is 0.744 e. The fraction of sp³-hybridized carbons (Fsp3) is 0.138. The molecule has 57 heavy (non-hydrogen) atoms. The zero-order valence-corrected chi connectivity index (χ0v) is 39.2. The van der Waals surface area contributed by atoms with E-state index in [1.807, 2.05) is 0 Å². The van der Waals surface area contributed by atoms with Gasteiger partial charge in [0.2, 0.25) is 11.9 Å². The minimum absolute atomic E-state index is 0. The van der Waals surface area contributed by atoms with E-state index >= 15 is 0 Å². The first-order chi connectivity index (χ1) is 25.2. The number of nitrogens with zero attached hydrogens (tertiary/aromatic N) is 5. The maximum Gasteiger partial charge on any atom is 1.00 e. The van der Waals surface area contributed by atoms with Crippen LogP contribution in [-0.4, -0.2) is 87.8 Å². The fourth-order valence-corrected chi connectivity index (χ4v) is 7.13. The minimum atomic E-state index is -5.40. The van der Waals surface area contributed by atoms with Crippen molar-refractivity contribution in [2.24, 2.45) is 10.2 Å². The third-order valence-corrected chi connectivity index (χ3v) is 10.4. The van der Waals surface area contributed by atoms with Gasteiger partial charge in [-0.15, -0.1) is 5.39 Å². The Morgan fingerprint density at radius 2 is 1.54 bits per heavy atom. The van der Waals surface area contributed by atoms with Crippen molar-refractivity contribution in [3.05, 3.63) is 78.7 Å². The van der Waals surface area contributed by atoms with Gasteiger partial charge in [0, 0.05) is 34.1 Å². The molecule has 3 N–H and O–H groups in total. The van der Waals surface area contributed by atoms with Crippen LogP contribution < -0.4 is 103 Å². The average molecular weight is 894 g/mol. The molecule has 0 aliphatic heterocycles. The number of anilines is 3. The standard InChI is InChI=1S/C29H25FN7O13S4.3Na/c1-2-51(38,39)15-14-49-13-12-31-28-33-27(30)34-29(35-28)32-18-7-8-19-17(16-18)6-10-22(25(19)50-54(46,47)48)36-37-23-11-9-20-21(26(23)53(43,44)45)4-3-5-24(20)52(40,41)42;;;/h2-9,11,16H,1,12-15H2,(H,40,41,42)(H,43,44,45)(H,46,47,48)(H2,31,32,33,34,35);;;/q-1;3*+1/p-2. The number of azo groups is 1. The molecule has 4 aromatic carbocycles. The summed E-state index contributed by atoms with van der Waals surface area (Å²) in [6.07, 6.45) is -1.17. The zero-order chi connectivity index (χ0) is 39.5. The van der Waals surface area contributed by atoms with E-state index in [0.717, 1.165) is 35.7 Å². The van der Waals surface area contributed by atoms with Gasteiger partial charge >= 0.3 is 105 Å². The van der Waals surface area contributed by atoms with Gasteiger partial charge in [0.15, 0.2) is 9.84 Å². The summed E-state index contributed by atoms with van der Waals surface area (Å²) in [6, 6.07) is 12.8. The number of fused-ring (bicyclic) bond motifs is 2. The second kappa shape index (κ2) is 20.8. The van der Waals surface area contributed by atoms with Gasteiger partial charge < -0.3 is 28.7 Å². The minimum Gasteiger partial charge on any atom is -0.744 e. The van der Waals surface area contributed by atoms with E-state index in [1.54, 1.807) is 0 Å². The molecular weight excluding hydrogens is 871 g/mol. The Bertz CT molecular complexity index is 2790. The maximum atomic E-state index is 14.2. The van der Waals surface area contributed by atoms with Gasteiger partial charge in [-0.2, -0.15) is 50.1 Å². The Labute approximate surface area is 391 Å². The van der Waals surface area contributed by atoms with Crippen molar-refractivity contribution in [2.75, 3.05) is 36.1 Å². The van der Waals surface area contributed by atoms with Crippen LogP contribution in [-0.2, 0) is 45.2 Å². The number of hydrogen-bond acceptors (Lipinski definition) is 19. The maximum absolute atomic E-state index is 14.2. The first kappa shape index (κ1) is 50.9.